The molecule has 1 aliphatic rings. The topological polar surface area (TPSA) is 61.6 Å². The number of nitrogens with zero attached hydrogens (tertiary/aromatic N) is 3. The zero-order chi connectivity index (χ0) is 13.1. The lowest BCUT2D eigenvalue weighted by molar-refractivity contribution is -0.385. The van der Waals surface area contributed by atoms with Gasteiger partial charge in [0.25, 0.3) is 5.69 Å². The molecule has 0 amide bonds. The lowest BCUT2D eigenvalue weighted by Crippen LogP contribution is -2.46. The fourth-order valence-corrected chi connectivity index (χ4v) is 2.54. The second kappa shape index (κ2) is 5.81. The molecule has 98 valence electrons. The summed E-state index contributed by atoms with van der Waals surface area (Å²) in [6, 6.07) is 5.09. The van der Waals surface area contributed by atoms with E-state index in [9.17, 15) is 10.1 Å². The van der Waals surface area contributed by atoms with Gasteiger partial charge in [-0.15, -0.1) is 0 Å². The van der Waals surface area contributed by atoms with Gasteiger partial charge in [0.2, 0.25) is 0 Å². The molecule has 1 saturated heterocycles. The average molecular weight is 362 g/mol. The number of nitro benzene ring substituents is 1. The van der Waals surface area contributed by atoms with Gasteiger partial charge in [0, 0.05) is 32.2 Å². The first-order chi connectivity index (χ1) is 8.56. The van der Waals surface area contributed by atoms with Crippen LogP contribution >= 0.6 is 22.6 Å². The van der Waals surface area contributed by atoms with E-state index in [1.807, 2.05) is 22.6 Å². The van der Waals surface area contributed by atoms with Gasteiger partial charge in [-0.1, -0.05) is 0 Å². The molecule has 1 aliphatic heterocycles. The van der Waals surface area contributed by atoms with Crippen LogP contribution in [0.15, 0.2) is 18.2 Å². The van der Waals surface area contributed by atoms with Crippen molar-refractivity contribution < 1.29 is 4.92 Å². The SMILES string of the molecule is CN1CCN(Nc2ccc([N+](=O)[O-])c(I)c2)CC1. The van der Waals surface area contributed by atoms with Gasteiger partial charge in [-0.05, 0) is 41.8 Å². The number of rotatable bonds is 3. The molecule has 6 nitrogen and oxygen atoms in total. The molecule has 0 aromatic heterocycles. The number of hydrogen-bond acceptors (Lipinski definition) is 5. The number of hydrogen-bond donors (Lipinski definition) is 1. The predicted molar refractivity (Wildman–Crippen MR) is 78.5 cm³/mol. The molecule has 0 atom stereocenters. The van der Waals surface area contributed by atoms with Crippen LogP contribution in [-0.2, 0) is 0 Å². The van der Waals surface area contributed by atoms with Crippen LogP contribution in [-0.4, -0.2) is 48.1 Å². The van der Waals surface area contributed by atoms with Gasteiger partial charge in [-0.2, -0.15) is 0 Å². The first-order valence-electron chi connectivity index (χ1n) is 5.70. The number of likely N-dealkylation sites (N-methyl/N-ethyl adjacent to an activating group) is 1. The summed E-state index contributed by atoms with van der Waals surface area (Å²) in [4.78, 5) is 12.6. The summed E-state index contributed by atoms with van der Waals surface area (Å²) in [6.45, 7) is 3.95. The lowest BCUT2D eigenvalue weighted by Gasteiger charge is -2.33. The Kier molecular flexibility index (Phi) is 4.36. The van der Waals surface area contributed by atoms with E-state index in [0.717, 1.165) is 31.9 Å². The molecule has 18 heavy (non-hydrogen) atoms. The Hall–Kier alpha value is -0.930. The molecule has 2 rings (SSSR count). The maximum absolute atomic E-state index is 10.7. The van der Waals surface area contributed by atoms with Gasteiger partial charge in [0.05, 0.1) is 14.2 Å². The molecular weight excluding hydrogens is 347 g/mol. The molecule has 0 radical (unpaired) electrons. The minimum atomic E-state index is -0.360. The largest absolute Gasteiger partial charge is 0.319 e. The Bertz CT molecular complexity index is 447. The number of nitrogens with one attached hydrogen (secondary N) is 1. The maximum atomic E-state index is 10.7. The highest BCUT2D eigenvalue weighted by Gasteiger charge is 2.15. The highest BCUT2D eigenvalue weighted by Crippen LogP contribution is 2.24. The van der Waals surface area contributed by atoms with Crippen LogP contribution in [0.25, 0.3) is 0 Å². The molecule has 1 fully saturated rings. The van der Waals surface area contributed by atoms with Gasteiger partial charge >= 0.3 is 0 Å². The van der Waals surface area contributed by atoms with Crippen molar-refractivity contribution in [3.05, 3.63) is 31.9 Å². The summed E-state index contributed by atoms with van der Waals surface area (Å²) in [5.41, 5.74) is 4.34. The van der Waals surface area contributed by atoms with Gasteiger partial charge < -0.3 is 10.3 Å². The van der Waals surface area contributed by atoms with Gasteiger partial charge in [-0.25, -0.2) is 5.01 Å². The Morgan fingerprint density at radius 2 is 2.00 bits per heavy atom. The minimum absolute atomic E-state index is 0.152. The number of nitro groups is 1. The molecule has 0 unspecified atom stereocenters. The first-order valence-corrected chi connectivity index (χ1v) is 6.78. The van der Waals surface area contributed by atoms with E-state index in [1.54, 1.807) is 18.2 Å². The fourth-order valence-electron chi connectivity index (χ4n) is 1.83. The summed E-state index contributed by atoms with van der Waals surface area (Å²) < 4.78 is 0.650. The molecule has 0 saturated carbocycles. The van der Waals surface area contributed by atoms with E-state index in [0.29, 0.717) is 3.57 Å². The standard InChI is InChI=1S/C11H15IN4O2/c1-14-4-6-15(7-5-14)13-9-2-3-11(16(17)18)10(12)8-9/h2-3,8,13H,4-7H2,1H3. The van der Waals surface area contributed by atoms with Gasteiger partial charge in [0.15, 0.2) is 0 Å². The molecule has 1 aromatic rings. The molecule has 0 spiro atoms. The molecule has 1 heterocycles. The second-order valence-electron chi connectivity index (χ2n) is 4.33. The highest BCUT2D eigenvalue weighted by molar-refractivity contribution is 14.1. The van der Waals surface area contributed by atoms with Crippen LogP contribution < -0.4 is 5.43 Å². The summed E-state index contributed by atoms with van der Waals surface area (Å²) in [7, 11) is 2.10. The number of anilines is 1. The molecule has 0 aliphatic carbocycles. The van der Waals surface area contributed by atoms with Crippen LogP contribution in [0.3, 0.4) is 0 Å². The second-order valence-corrected chi connectivity index (χ2v) is 5.49. The molecule has 0 bridgehead atoms. The number of hydrazine groups is 1. The highest BCUT2D eigenvalue weighted by atomic mass is 127. The Balaban J connectivity index is 2.02. The quantitative estimate of drug-likeness (QED) is 0.505. The predicted octanol–water partition coefficient (Wildman–Crippen LogP) is 1.77. The molecule has 1 N–H and O–H groups in total. The molecule has 1 aromatic carbocycles. The lowest BCUT2D eigenvalue weighted by atomic mass is 10.3. The monoisotopic (exact) mass is 362 g/mol. The fraction of sp³-hybridized carbons (Fsp3) is 0.455. The third kappa shape index (κ3) is 3.30. The Labute approximate surface area is 119 Å². The molecular formula is C11H15IN4O2. The van der Waals surface area contributed by atoms with Gasteiger partial charge in [0.1, 0.15) is 0 Å². The van der Waals surface area contributed by atoms with Crippen LogP contribution in [0, 0.1) is 13.7 Å². The summed E-state index contributed by atoms with van der Waals surface area (Å²) >= 11 is 1.99. The van der Waals surface area contributed by atoms with Crippen molar-refractivity contribution in [1.82, 2.24) is 9.91 Å². The number of piperazine rings is 1. The zero-order valence-electron chi connectivity index (χ0n) is 10.1. The van der Waals surface area contributed by atoms with Crippen molar-refractivity contribution in [2.24, 2.45) is 0 Å². The summed E-state index contributed by atoms with van der Waals surface area (Å²) in [6.07, 6.45) is 0. The maximum Gasteiger partial charge on any atom is 0.282 e. The van der Waals surface area contributed by atoms with Crippen molar-refractivity contribution in [3.63, 3.8) is 0 Å². The van der Waals surface area contributed by atoms with E-state index in [-0.39, 0.29) is 10.6 Å². The minimum Gasteiger partial charge on any atom is -0.319 e. The Morgan fingerprint density at radius 1 is 1.33 bits per heavy atom. The Morgan fingerprint density at radius 3 is 2.56 bits per heavy atom. The number of benzene rings is 1. The average Bonchev–Trinajstić information content (AvgIpc) is 2.32. The van der Waals surface area contributed by atoms with E-state index < -0.39 is 0 Å². The molecule has 7 heteroatoms. The van der Waals surface area contributed by atoms with Crippen LogP contribution in [0.5, 0.6) is 0 Å². The van der Waals surface area contributed by atoms with Crippen molar-refractivity contribution in [2.75, 3.05) is 38.7 Å². The van der Waals surface area contributed by atoms with E-state index >= 15 is 0 Å². The summed E-state index contributed by atoms with van der Waals surface area (Å²) in [5, 5.41) is 12.9. The van der Waals surface area contributed by atoms with Gasteiger partial charge in [-0.3, -0.25) is 10.1 Å². The third-order valence-corrected chi connectivity index (χ3v) is 3.80. The van der Waals surface area contributed by atoms with Crippen molar-refractivity contribution in [3.8, 4) is 0 Å². The summed E-state index contributed by atoms with van der Waals surface area (Å²) in [5.74, 6) is 0. The van der Waals surface area contributed by atoms with Crippen LogP contribution in [0.4, 0.5) is 11.4 Å². The van der Waals surface area contributed by atoms with E-state index in [4.69, 9.17) is 0 Å². The first kappa shape index (κ1) is 13.5. The number of halogens is 1. The van der Waals surface area contributed by atoms with Crippen LogP contribution in [0.1, 0.15) is 0 Å². The van der Waals surface area contributed by atoms with E-state index in [1.165, 1.54) is 0 Å². The third-order valence-electron chi connectivity index (χ3n) is 2.93. The van der Waals surface area contributed by atoms with Crippen molar-refractivity contribution in [2.45, 2.75) is 0 Å². The van der Waals surface area contributed by atoms with E-state index in [2.05, 4.69) is 22.4 Å². The van der Waals surface area contributed by atoms with Crippen molar-refractivity contribution >= 4 is 34.0 Å². The van der Waals surface area contributed by atoms with Crippen LogP contribution in [0.2, 0.25) is 0 Å². The zero-order valence-corrected chi connectivity index (χ0v) is 12.3. The smallest absolute Gasteiger partial charge is 0.282 e. The van der Waals surface area contributed by atoms with Crippen molar-refractivity contribution in [1.29, 1.82) is 0 Å². The normalized spacial score (nSPS) is 17.7.